The molecule has 0 aliphatic carbocycles. The van der Waals surface area contributed by atoms with Gasteiger partial charge in [0.2, 0.25) is 0 Å². The molecule has 3 rings (SSSR count). The van der Waals surface area contributed by atoms with Gasteiger partial charge in [-0.1, -0.05) is 36.4 Å². The van der Waals surface area contributed by atoms with Gasteiger partial charge in [-0.3, -0.25) is 0 Å². The van der Waals surface area contributed by atoms with Gasteiger partial charge in [-0.15, -0.1) is 0 Å². The summed E-state index contributed by atoms with van der Waals surface area (Å²) >= 11 is 0. The normalized spacial score (nSPS) is 16.9. The summed E-state index contributed by atoms with van der Waals surface area (Å²) in [5, 5.41) is 3.20. The highest BCUT2D eigenvalue weighted by molar-refractivity contribution is 5.78. The van der Waals surface area contributed by atoms with Crippen LogP contribution >= 0.6 is 0 Å². The summed E-state index contributed by atoms with van der Waals surface area (Å²) in [7, 11) is 1.97. The summed E-state index contributed by atoms with van der Waals surface area (Å²) in [5.41, 5.74) is 6.48. The molecular weight excluding hydrogens is 246 g/mol. The minimum Gasteiger partial charge on any atom is -0.488 e. The zero-order valence-corrected chi connectivity index (χ0v) is 12.4. The van der Waals surface area contributed by atoms with Gasteiger partial charge in [0.25, 0.3) is 0 Å². The minimum atomic E-state index is 0.250. The largest absolute Gasteiger partial charge is 0.488 e. The summed E-state index contributed by atoms with van der Waals surface area (Å²) < 4.78 is 6.18. The number of hydrogen-bond donors (Lipinski definition) is 1. The Bertz CT molecular complexity index is 613. The van der Waals surface area contributed by atoms with Gasteiger partial charge < -0.3 is 10.1 Å². The molecule has 0 bridgehead atoms. The van der Waals surface area contributed by atoms with Crippen molar-refractivity contribution in [1.29, 1.82) is 0 Å². The molecule has 1 N–H and O–H groups in total. The van der Waals surface area contributed by atoms with E-state index in [1.54, 1.807) is 0 Å². The van der Waals surface area contributed by atoms with Crippen LogP contribution in [0.15, 0.2) is 36.4 Å². The molecule has 0 saturated heterocycles. The Kier molecular flexibility index (Phi) is 3.49. The van der Waals surface area contributed by atoms with Crippen molar-refractivity contribution in [2.75, 3.05) is 13.6 Å². The minimum absolute atomic E-state index is 0.250. The number of benzene rings is 2. The topological polar surface area (TPSA) is 21.3 Å². The van der Waals surface area contributed by atoms with Crippen LogP contribution in [0.3, 0.4) is 0 Å². The molecule has 2 aromatic rings. The number of ether oxygens (including phenoxy) is 1. The lowest BCUT2D eigenvalue weighted by atomic mass is 9.93. The van der Waals surface area contributed by atoms with Gasteiger partial charge >= 0.3 is 0 Å². The fourth-order valence-corrected chi connectivity index (χ4v) is 3.12. The molecule has 20 heavy (non-hydrogen) atoms. The van der Waals surface area contributed by atoms with Gasteiger partial charge in [0, 0.05) is 18.5 Å². The van der Waals surface area contributed by atoms with E-state index in [0.29, 0.717) is 0 Å². The van der Waals surface area contributed by atoms with Crippen LogP contribution in [-0.2, 0) is 6.42 Å². The summed E-state index contributed by atoms with van der Waals surface area (Å²) in [4.78, 5) is 0. The number of nitrogens with one attached hydrogen (secondary N) is 1. The molecule has 0 aromatic heterocycles. The Balaban J connectivity index is 2.08. The van der Waals surface area contributed by atoms with E-state index in [4.69, 9.17) is 4.74 Å². The maximum atomic E-state index is 6.18. The highest BCUT2D eigenvalue weighted by Gasteiger charge is 2.25. The Morgan fingerprint density at radius 1 is 1.10 bits per heavy atom. The first-order chi connectivity index (χ1) is 9.70. The van der Waals surface area contributed by atoms with Crippen LogP contribution in [0.2, 0.25) is 0 Å². The summed E-state index contributed by atoms with van der Waals surface area (Å²) in [5.74, 6) is 1.07. The van der Waals surface area contributed by atoms with Crippen molar-refractivity contribution in [2.24, 2.45) is 0 Å². The maximum Gasteiger partial charge on any atom is 0.130 e. The molecule has 0 radical (unpaired) electrons. The first kappa shape index (κ1) is 13.2. The third kappa shape index (κ3) is 2.20. The quantitative estimate of drug-likeness (QED) is 0.919. The molecule has 0 amide bonds. The lowest BCUT2D eigenvalue weighted by Crippen LogP contribution is -2.27. The van der Waals surface area contributed by atoms with Crippen LogP contribution in [0.5, 0.6) is 5.75 Å². The van der Waals surface area contributed by atoms with E-state index in [0.717, 1.165) is 18.7 Å². The van der Waals surface area contributed by atoms with E-state index in [-0.39, 0.29) is 6.10 Å². The van der Waals surface area contributed by atoms with Gasteiger partial charge in [-0.05, 0) is 43.1 Å². The van der Waals surface area contributed by atoms with Crippen LogP contribution in [0.1, 0.15) is 16.7 Å². The molecule has 2 heteroatoms. The standard InChI is InChI=1S/C18H21NO/c1-12-6-4-7-13(2)17(12)16-9-5-8-14-10-15(11-19-3)20-18(14)16/h4-9,15,19H,10-11H2,1-3H3/t15-/m1/s1. The van der Waals surface area contributed by atoms with Crippen molar-refractivity contribution >= 4 is 0 Å². The molecule has 0 spiro atoms. The predicted molar refractivity (Wildman–Crippen MR) is 83.4 cm³/mol. The average molecular weight is 267 g/mol. The highest BCUT2D eigenvalue weighted by atomic mass is 16.5. The summed E-state index contributed by atoms with van der Waals surface area (Å²) in [6.07, 6.45) is 1.25. The average Bonchev–Trinajstić information content (AvgIpc) is 2.82. The third-order valence-corrected chi connectivity index (χ3v) is 4.01. The van der Waals surface area contributed by atoms with E-state index in [9.17, 15) is 0 Å². The van der Waals surface area contributed by atoms with Crippen molar-refractivity contribution in [1.82, 2.24) is 5.32 Å². The summed E-state index contributed by atoms with van der Waals surface area (Å²) in [6, 6.07) is 13.0. The molecule has 1 aliphatic heterocycles. The van der Waals surface area contributed by atoms with E-state index < -0.39 is 0 Å². The van der Waals surface area contributed by atoms with Gasteiger partial charge in [0.1, 0.15) is 11.9 Å². The number of aryl methyl sites for hydroxylation is 2. The van der Waals surface area contributed by atoms with E-state index in [1.165, 1.54) is 27.8 Å². The Morgan fingerprint density at radius 2 is 1.80 bits per heavy atom. The number of para-hydroxylation sites is 1. The molecule has 104 valence electrons. The Hall–Kier alpha value is -1.80. The van der Waals surface area contributed by atoms with Crippen molar-refractivity contribution in [3.63, 3.8) is 0 Å². The number of rotatable bonds is 3. The van der Waals surface area contributed by atoms with E-state index >= 15 is 0 Å². The van der Waals surface area contributed by atoms with E-state index in [2.05, 4.69) is 55.6 Å². The fourth-order valence-electron chi connectivity index (χ4n) is 3.12. The summed E-state index contributed by atoms with van der Waals surface area (Å²) in [6.45, 7) is 5.23. The highest BCUT2D eigenvalue weighted by Crippen LogP contribution is 2.41. The zero-order chi connectivity index (χ0) is 14.1. The second-order valence-electron chi connectivity index (χ2n) is 5.56. The van der Waals surface area contributed by atoms with Crippen LogP contribution in [-0.4, -0.2) is 19.7 Å². The second-order valence-corrected chi connectivity index (χ2v) is 5.56. The molecule has 1 heterocycles. The van der Waals surface area contributed by atoms with E-state index in [1.807, 2.05) is 7.05 Å². The zero-order valence-electron chi connectivity index (χ0n) is 12.4. The smallest absolute Gasteiger partial charge is 0.130 e. The monoisotopic (exact) mass is 267 g/mol. The Morgan fingerprint density at radius 3 is 2.50 bits per heavy atom. The number of hydrogen-bond acceptors (Lipinski definition) is 2. The van der Waals surface area contributed by atoms with Crippen LogP contribution < -0.4 is 10.1 Å². The molecule has 0 fully saturated rings. The molecule has 0 saturated carbocycles. The molecule has 0 unspecified atom stereocenters. The molecule has 2 nitrogen and oxygen atoms in total. The first-order valence-corrected chi connectivity index (χ1v) is 7.20. The predicted octanol–water partition coefficient (Wildman–Crippen LogP) is 3.49. The van der Waals surface area contributed by atoms with Gasteiger partial charge in [0.05, 0.1) is 0 Å². The van der Waals surface area contributed by atoms with Crippen molar-refractivity contribution in [2.45, 2.75) is 26.4 Å². The van der Waals surface area contributed by atoms with Crippen molar-refractivity contribution < 1.29 is 4.74 Å². The van der Waals surface area contributed by atoms with Crippen LogP contribution in [0.25, 0.3) is 11.1 Å². The fraction of sp³-hybridized carbons (Fsp3) is 0.333. The first-order valence-electron chi connectivity index (χ1n) is 7.20. The third-order valence-electron chi connectivity index (χ3n) is 4.01. The molecule has 1 aliphatic rings. The van der Waals surface area contributed by atoms with Crippen LogP contribution in [0.4, 0.5) is 0 Å². The van der Waals surface area contributed by atoms with Gasteiger partial charge in [-0.25, -0.2) is 0 Å². The molecule has 2 aromatic carbocycles. The van der Waals surface area contributed by atoms with Gasteiger partial charge in [-0.2, -0.15) is 0 Å². The van der Waals surface area contributed by atoms with Crippen molar-refractivity contribution in [3.05, 3.63) is 53.1 Å². The Labute approximate surface area is 120 Å². The van der Waals surface area contributed by atoms with Crippen LogP contribution in [0, 0.1) is 13.8 Å². The molecular formula is C18H21NO. The lowest BCUT2D eigenvalue weighted by Gasteiger charge is -2.15. The SMILES string of the molecule is CNC[C@H]1Cc2cccc(-c3c(C)cccc3C)c2O1. The molecule has 1 atom stereocenters. The number of fused-ring (bicyclic) bond motifs is 1. The maximum absolute atomic E-state index is 6.18. The lowest BCUT2D eigenvalue weighted by molar-refractivity contribution is 0.232. The van der Waals surface area contributed by atoms with Gasteiger partial charge in [0.15, 0.2) is 0 Å². The van der Waals surface area contributed by atoms with Crippen molar-refractivity contribution in [3.8, 4) is 16.9 Å². The number of likely N-dealkylation sites (N-methyl/N-ethyl adjacent to an activating group) is 1. The second kappa shape index (κ2) is 5.29.